The smallest absolute Gasteiger partial charge is 0.266 e. The van der Waals surface area contributed by atoms with E-state index in [1.807, 2.05) is 0 Å². The Labute approximate surface area is 96.6 Å². The molecule has 0 radical (unpaired) electrons. The molecular formula is C8H9Cl3N2O. The Morgan fingerprint density at radius 2 is 2.07 bits per heavy atom. The molecule has 0 N–H and O–H groups in total. The second-order valence-corrected chi connectivity index (χ2v) is 5.30. The summed E-state index contributed by atoms with van der Waals surface area (Å²) >= 11 is 17.2. The highest BCUT2D eigenvalue weighted by Crippen LogP contribution is 2.17. The Kier molecular flexibility index (Phi) is 3.45. The van der Waals surface area contributed by atoms with Crippen molar-refractivity contribution in [3.05, 3.63) is 26.6 Å². The van der Waals surface area contributed by atoms with Crippen LogP contribution in [0.1, 0.15) is 13.8 Å². The molecule has 0 aliphatic carbocycles. The largest absolute Gasteiger partial charge is 0.287 e. The van der Waals surface area contributed by atoms with Gasteiger partial charge in [0.1, 0.15) is 5.02 Å². The van der Waals surface area contributed by atoms with Gasteiger partial charge >= 0.3 is 0 Å². The monoisotopic (exact) mass is 254 g/mol. The molecule has 0 saturated carbocycles. The minimum Gasteiger partial charge on any atom is -0.266 e. The Morgan fingerprint density at radius 1 is 1.50 bits per heavy atom. The number of halogens is 3. The molecule has 3 nitrogen and oxygen atoms in total. The SMILES string of the molecule is CC(C)(Cl)Cn1ncc(Cl)c(Cl)c1=O. The zero-order valence-electron chi connectivity index (χ0n) is 7.72. The van der Waals surface area contributed by atoms with Crippen LogP contribution in [0.4, 0.5) is 0 Å². The van der Waals surface area contributed by atoms with Gasteiger partial charge in [0.05, 0.1) is 22.6 Å². The quantitative estimate of drug-likeness (QED) is 0.761. The van der Waals surface area contributed by atoms with Crippen molar-refractivity contribution in [1.82, 2.24) is 9.78 Å². The third kappa shape index (κ3) is 2.87. The molecule has 1 heterocycles. The van der Waals surface area contributed by atoms with Crippen molar-refractivity contribution >= 4 is 34.8 Å². The maximum absolute atomic E-state index is 11.5. The van der Waals surface area contributed by atoms with E-state index in [0.29, 0.717) is 0 Å². The maximum atomic E-state index is 11.5. The molecule has 0 atom stereocenters. The first-order valence-corrected chi connectivity index (χ1v) is 5.05. The molecule has 0 aliphatic rings. The lowest BCUT2D eigenvalue weighted by Crippen LogP contribution is -2.31. The Balaban J connectivity index is 3.13. The van der Waals surface area contributed by atoms with Crippen molar-refractivity contribution in [2.24, 2.45) is 0 Å². The topological polar surface area (TPSA) is 34.9 Å². The molecule has 0 aliphatic heterocycles. The Bertz CT molecular complexity index is 395. The third-order valence-corrected chi connectivity index (χ3v) is 2.34. The average molecular weight is 256 g/mol. The van der Waals surface area contributed by atoms with Gasteiger partial charge in [0.15, 0.2) is 0 Å². The average Bonchev–Trinajstić information content (AvgIpc) is 2.04. The molecule has 1 aromatic heterocycles. The van der Waals surface area contributed by atoms with Crippen LogP contribution >= 0.6 is 34.8 Å². The van der Waals surface area contributed by atoms with Gasteiger partial charge in [-0.2, -0.15) is 5.10 Å². The maximum Gasteiger partial charge on any atom is 0.287 e. The Hall–Kier alpha value is -0.250. The van der Waals surface area contributed by atoms with Crippen molar-refractivity contribution in [2.45, 2.75) is 25.3 Å². The van der Waals surface area contributed by atoms with Gasteiger partial charge in [0.25, 0.3) is 5.56 Å². The van der Waals surface area contributed by atoms with Gasteiger partial charge in [0, 0.05) is 0 Å². The van der Waals surface area contributed by atoms with Gasteiger partial charge < -0.3 is 0 Å². The van der Waals surface area contributed by atoms with Crippen LogP contribution in [0, 0.1) is 0 Å². The van der Waals surface area contributed by atoms with Crippen LogP contribution in [0.25, 0.3) is 0 Å². The lowest BCUT2D eigenvalue weighted by molar-refractivity contribution is 0.490. The minimum atomic E-state index is -0.548. The Morgan fingerprint density at radius 3 is 2.57 bits per heavy atom. The van der Waals surface area contributed by atoms with E-state index in [9.17, 15) is 4.79 Å². The van der Waals surface area contributed by atoms with Crippen LogP contribution in [0.3, 0.4) is 0 Å². The summed E-state index contributed by atoms with van der Waals surface area (Å²) in [7, 11) is 0. The van der Waals surface area contributed by atoms with Crippen molar-refractivity contribution in [2.75, 3.05) is 0 Å². The van der Waals surface area contributed by atoms with Crippen LogP contribution in [-0.4, -0.2) is 14.7 Å². The summed E-state index contributed by atoms with van der Waals surface area (Å²) in [6.45, 7) is 3.85. The van der Waals surface area contributed by atoms with Gasteiger partial charge in [-0.15, -0.1) is 11.6 Å². The van der Waals surface area contributed by atoms with Crippen molar-refractivity contribution in [3.8, 4) is 0 Å². The second-order valence-electron chi connectivity index (χ2n) is 3.49. The van der Waals surface area contributed by atoms with E-state index in [0.717, 1.165) is 0 Å². The fourth-order valence-corrected chi connectivity index (χ4v) is 1.30. The number of aromatic nitrogens is 2. The molecule has 0 fully saturated rings. The van der Waals surface area contributed by atoms with Gasteiger partial charge in [-0.25, -0.2) is 4.68 Å². The van der Waals surface area contributed by atoms with E-state index in [-0.39, 0.29) is 16.6 Å². The summed E-state index contributed by atoms with van der Waals surface area (Å²) in [6.07, 6.45) is 1.33. The van der Waals surface area contributed by atoms with Crippen LogP contribution in [0.2, 0.25) is 10.0 Å². The van der Waals surface area contributed by atoms with Crippen LogP contribution < -0.4 is 5.56 Å². The lowest BCUT2D eigenvalue weighted by Gasteiger charge is -2.16. The van der Waals surface area contributed by atoms with Gasteiger partial charge in [-0.05, 0) is 13.8 Å². The molecule has 0 amide bonds. The summed E-state index contributed by atoms with van der Waals surface area (Å²) in [5.41, 5.74) is -0.423. The zero-order chi connectivity index (χ0) is 10.9. The highest BCUT2D eigenvalue weighted by atomic mass is 35.5. The lowest BCUT2D eigenvalue weighted by atomic mass is 10.2. The number of hydrogen-bond acceptors (Lipinski definition) is 2. The van der Waals surface area contributed by atoms with E-state index in [1.54, 1.807) is 13.8 Å². The number of hydrogen-bond donors (Lipinski definition) is 0. The summed E-state index contributed by atoms with van der Waals surface area (Å²) in [5.74, 6) is 0. The van der Waals surface area contributed by atoms with E-state index < -0.39 is 10.4 Å². The van der Waals surface area contributed by atoms with E-state index in [2.05, 4.69) is 5.10 Å². The van der Waals surface area contributed by atoms with Crippen LogP contribution in [-0.2, 0) is 6.54 Å². The molecule has 78 valence electrons. The highest BCUT2D eigenvalue weighted by Gasteiger charge is 2.17. The zero-order valence-corrected chi connectivity index (χ0v) is 9.99. The molecule has 1 aromatic rings. The predicted octanol–water partition coefficient (Wildman–Crippen LogP) is 2.57. The van der Waals surface area contributed by atoms with Gasteiger partial charge in [-0.1, -0.05) is 23.2 Å². The van der Waals surface area contributed by atoms with Crippen molar-refractivity contribution in [3.63, 3.8) is 0 Å². The third-order valence-electron chi connectivity index (χ3n) is 1.47. The number of alkyl halides is 1. The first kappa shape index (κ1) is 11.8. The molecule has 14 heavy (non-hydrogen) atoms. The molecule has 0 spiro atoms. The minimum absolute atomic E-state index is 0.0254. The first-order valence-electron chi connectivity index (χ1n) is 3.91. The number of rotatable bonds is 2. The summed E-state index contributed by atoms with van der Waals surface area (Å²) < 4.78 is 1.20. The fourth-order valence-electron chi connectivity index (χ4n) is 0.914. The number of nitrogens with zero attached hydrogens (tertiary/aromatic N) is 2. The molecule has 0 aromatic carbocycles. The summed E-state index contributed by atoms with van der Waals surface area (Å²) in [4.78, 5) is 10.9. The molecule has 0 saturated heterocycles. The molecule has 6 heteroatoms. The highest BCUT2D eigenvalue weighted by molar-refractivity contribution is 6.41. The fraction of sp³-hybridized carbons (Fsp3) is 0.500. The molecular weight excluding hydrogens is 246 g/mol. The van der Waals surface area contributed by atoms with Gasteiger partial charge in [-0.3, -0.25) is 4.79 Å². The standard InChI is InChI=1S/C8H9Cl3N2O/c1-8(2,11)4-13-7(14)6(10)5(9)3-12-13/h3H,4H2,1-2H3. The van der Waals surface area contributed by atoms with Crippen molar-refractivity contribution in [1.29, 1.82) is 0 Å². The summed E-state index contributed by atoms with van der Waals surface area (Å²) in [6, 6.07) is 0. The normalized spacial score (nSPS) is 11.8. The molecule has 1 rings (SSSR count). The van der Waals surface area contributed by atoms with E-state index in [4.69, 9.17) is 34.8 Å². The molecule has 0 unspecified atom stereocenters. The van der Waals surface area contributed by atoms with E-state index >= 15 is 0 Å². The van der Waals surface area contributed by atoms with Crippen LogP contribution in [0.15, 0.2) is 11.0 Å². The first-order chi connectivity index (χ1) is 6.31. The summed E-state index contributed by atoms with van der Waals surface area (Å²) in [5, 5.41) is 3.96. The van der Waals surface area contributed by atoms with Crippen LogP contribution in [0.5, 0.6) is 0 Å². The van der Waals surface area contributed by atoms with Crippen molar-refractivity contribution < 1.29 is 0 Å². The second kappa shape index (κ2) is 4.09. The van der Waals surface area contributed by atoms with E-state index in [1.165, 1.54) is 10.9 Å². The molecule has 0 bridgehead atoms. The predicted molar refractivity (Wildman–Crippen MR) is 58.4 cm³/mol. The van der Waals surface area contributed by atoms with Gasteiger partial charge in [0.2, 0.25) is 0 Å².